The minimum absolute atomic E-state index is 0.0278. The third-order valence-corrected chi connectivity index (χ3v) is 9.17. The second-order valence-corrected chi connectivity index (χ2v) is 11.7. The first kappa shape index (κ1) is 28.8. The first-order valence-electron chi connectivity index (χ1n) is 15.4. The Morgan fingerprint density at radius 3 is 2.00 bits per heavy atom. The highest BCUT2D eigenvalue weighted by Crippen LogP contribution is 2.45. The zero-order valence-electron chi connectivity index (χ0n) is 23.7. The molecule has 0 heterocycles. The van der Waals surface area contributed by atoms with Gasteiger partial charge < -0.3 is 4.74 Å². The first-order valence-corrected chi connectivity index (χ1v) is 15.4. The smallest absolute Gasteiger partial charge is 0.200 e. The van der Waals surface area contributed by atoms with Crippen LogP contribution in [-0.4, -0.2) is 6.61 Å². The van der Waals surface area contributed by atoms with Crippen molar-refractivity contribution in [2.45, 2.75) is 110 Å². The Labute approximate surface area is 230 Å². The topological polar surface area (TPSA) is 9.23 Å². The molecule has 0 aliphatic heterocycles. The molecular formula is C35H48F2O. The highest BCUT2D eigenvalue weighted by atomic mass is 19.2. The predicted molar refractivity (Wildman–Crippen MR) is 155 cm³/mol. The van der Waals surface area contributed by atoms with E-state index in [0.717, 1.165) is 56.3 Å². The van der Waals surface area contributed by atoms with E-state index in [4.69, 9.17) is 4.74 Å². The number of ether oxygens (including phenoxy) is 1. The maximum absolute atomic E-state index is 14.7. The van der Waals surface area contributed by atoms with Gasteiger partial charge in [-0.2, -0.15) is 4.39 Å². The molecule has 0 atom stereocenters. The van der Waals surface area contributed by atoms with E-state index in [1.54, 1.807) is 19.1 Å². The Hall–Kier alpha value is -2.16. The molecule has 2 saturated carbocycles. The van der Waals surface area contributed by atoms with Gasteiger partial charge in [-0.25, -0.2) is 4.39 Å². The van der Waals surface area contributed by atoms with Crippen molar-refractivity contribution in [2.24, 2.45) is 17.8 Å². The first-order chi connectivity index (χ1) is 18.6. The molecule has 0 saturated heterocycles. The van der Waals surface area contributed by atoms with E-state index in [-0.39, 0.29) is 11.7 Å². The van der Waals surface area contributed by atoms with E-state index in [2.05, 4.69) is 43.3 Å². The molecule has 0 radical (unpaired) electrons. The van der Waals surface area contributed by atoms with Gasteiger partial charge >= 0.3 is 0 Å². The lowest BCUT2D eigenvalue weighted by molar-refractivity contribution is 0.170. The summed E-state index contributed by atoms with van der Waals surface area (Å²) >= 11 is 0. The lowest BCUT2D eigenvalue weighted by Crippen LogP contribution is -2.25. The summed E-state index contributed by atoms with van der Waals surface area (Å²) in [5, 5.41) is 0. The summed E-state index contributed by atoms with van der Waals surface area (Å²) in [5.41, 5.74) is 3.46. The lowest BCUT2D eigenvalue weighted by Gasteiger charge is -2.37. The summed E-state index contributed by atoms with van der Waals surface area (Å²) < 4.78 is 34.3. The molecule has 38 heavy (non-hydrogen) atoms. The van der Waals surface area contributed by atoms with Gasteiger partial charge in [-0.05, 0) is 130 Å². The van der Waals surface area contributed by atoms with Crippen LogP contribution in [0.4, 0.5) is 8.78 Å². The van der Waals surface area contributed by atoms with Crippen LogP contribution in [0.1, 0.15) is 114 Å². The van der Waals surface area contributed by atoms with Crippen molar-refractivity contribution in [3.63, 3.8) is 0 Å². The Morgan fingerprint density at radius 1 is 0.737 bits per heavy atom. The number of rotatable bonds is 12. The standard InChI is InChI=1S/C35H48F2O/c1-3-5-6-9-26-12-14-27(15-13-26)10-7-8-11-28-16-18-29(19-17-28)30-20-22-31(23-21-30)32-24-25-33(38-4-2)35(37)34(32)36/h8,11-15,24-25,28-31H,3-7,9-10,16-23H2,1-2H3. The molecule has 3 heteroatoms. The Balaban J connectivity index is 1.15. The maximum atomic E-state index is 14.7. The average molecular weight is 523 g/mol. The SMILES string of the molecule is CCCCCc1ccc(CCC=CC2CCC(C3CCC(c4ccc(OCC)c(F)c4F)CC3)CC2)cc1. The highest BCUT2D eigenvalue weighted by molar-refractivity contribution is 5.33. The van der Waals surface area contributed by atoms with Gasteiger partial charge in [-0.15, -0.1) is 0 Å². The second-order valence-electron chi connectivity index (χ2n) is 11.7. The molecule has 208 valence electrons. The van der Waals surface area contributed by atoms with Crippen LogP contribution < -0.4 is 4.74 Å². The van der Waals surface area contributed by atoms with Crippen molar-refractivity contribution < 1.29 is 13.5 Å². The van der Waals surface area contributed by atoms with Crippen LogP contribution in [0.5, 0.6) is 5.75 Å². The van der Waals surface area contributed by atoms with Gasteiger partial charge in [0, 0.05) is 0 Å². The van der Waals surface area contributed by atoms with E-state index in [1.807, 2.05) is 0 Å². The highest BCUT2D eigenvalue weighted by Gasteiger charge is 2.32. The van der Waals surface area contributed by atoms with Gasteiger partial charge in [0.2, 0.25) is 5.82 Å². The van der Waals surface area contributed by atoms with Crippen LogP contribution in [0.15, 0.2) is 48.6 Å². The van der Waals surface area contributed by atoms with E-state index in [0.29, 0.717) is 12.2 Å². The fourth-order valence-corrected chi connectivity index (χ4v) is 6.83. The number of hydrogen-bond donors (Lipinski definition) is 0. The van der Waals surface area contributed by atoms with Crippen LogP contribution in [0.2, 0.25) is 0 Å². The number of unbranched alkanes of at least 4 members (excludes halogenated alkanes) is 2. The van der Waals surface area contributed by atoms with Crippen LogP contribution >= 0.6 is 0 Å². The Morgan fingerprint density at radius 2 is 1.37 bits per heavy atom. The van der Waals surface area contributed by atoms with Crippen molar-refractivity contribution in [3.05, 3.63) is 76.9 Å². The van der Waals surface area contributed by atoms with Crippen LogP contribution in [0, 0.1) is 29.4 Å². The minimum atomic E-state index is -0.825. The molecule has 0 spiro atoms. The molecule has 0 amide bonds. The molecule has 0 bridgehead atoms. The summed E-state index contributed by atoms with van der Waals surface area (Å²) in [6, 6.07) is 12.6. The molecule has 1 nitrogen and oxygen atoms in total. The van der Waals surface area contributed by atoms with Gasteiger partial charge in [0.05, 0.1) is 6.61 Å². The van der Waals surface area contributed by atoms with Crippen LogP contribution in [-0.2, 0) is 12.8 Å². The molecule has 0 unspecified atom stereocenters. The van der Waals surface area contributed by atoms with E-state index in [9.17, 15) is 8.78 Å². The van der Waals surface area contributed by atoms with Gasteiger partial charge in [-0.3, -0.25) is 0 Å². The molecule has 2 aliphatic carbocycles. The van der Waals surface area contributed by atoms with Gasteiger partial charge in [0.15, 0.2) is 11.6 Å². The molecule has 2 aromatic carbocycles. The van der Waals surface area contributed by atoms with Crippen LogP contribution in [0.3, 0.4) is 0 Å². The number of halogens is 2. The van der Waals surface area contributed by atoms with Crippen molar-refractivity contribution >= 4 is 0 Å². The van der Waals surface area contributed by atoms with Crippen molar-refractivity contribution in [3.8, 4) is 5.75 Å². The molecule has 4 rings (SSSR count). The fraction of sp³-hybridized carbons (Fsp3) is 0.600. The van der Waals surface area contributed by atoms with Crippen molar-refractivity contribution in [1.29, 1.82) is 0 Å². The molecule has 0 N–H and O–H groups in total. The van der Waals surface area contributed by atoms with Crippen molar-refractivity contribution in [1.82, 2.24) is 0 Å². The van der Waals surface area contributed by atoms with E-state index >= 15 is 0 Å². The lowest BCUT2D eigenvalue weighted by atomic mass is 9.68. The number of hydrogen-bond acceptors (Lipinski definition) is 1. The average Bonchev–Trinajstić information content (AvgIpc) is 2.95. The zero-order chi connectivity index (χ0) is 26.7. The van der Waals surface area contributed by atoms with Gasteiger partial charge in [-0.1, -0.05) is 62.2 Å². The molecule has 2 aromatic rings. The molecular weight excluding hydrogens is 474 g/mol. The van der Waals surface area contributed by atoms with Crippen LogP contribution in [0.25, 0.3) is 0 Å². The maximum Gasteiger partial charge on any atom is 0.200 e. The summed E-state index contributed by atoms with van der Waals surface area (Å²) in [4.78, 5) is 0. The Bertz CT molecular complexity index is 995. The summed E-state index contributed by atoms with van der Waals surface area (Å²) in [6.07, 6.45) is 21.7. The summed E-state index contributed by atoms with van der Waals surface area (Å²) in [7, 11) is 0. The van der Waals surface area contributed by atoms with E-state index in [1.165, 1.54) is 62.5 Å². The fourth-order valence-electron chi connectivity index (χ4n) is 6.83. The molecule has 2 fully saturated rings. The monoisotopic (exact) mass is 522 g/mol. The van der Waals surface area contributed by atoms with Gasteiger partial charge in [0.1, 0.15) is 0 Å². The van der Waals surface area contributed by atoms with Crippen molar-refractivity contribution in [2.75, 3.05) is 6.61 Å². The quantitative estimate of drug-likeness (QED) is 0.199. The third-order valence-electron chi connectivity index (χ3n) is 9.17. The number of benzene rings is 2. The Kier molecular flexibility index (Phi) is 11.3. The molecule has 0 aromatic heterocycles. The van der Waals surface area contributed by atoms with Gasteiger partial charge in [0.25, 0.3) is 0 Å². The predicted octanol–water partition coefficient (Wildman–Crippen LogP) is 10.4. The summed E-state index contributed by atoms with van der Waals surface area (Å²) in [6.45, 7) is 4.38. The largest absolute Gasteiger partial charge is 0.491 e. The van der Waals surface area contributed by atoms with E-state index < -0.39 is 11.6 Å². The minimum Gasteiger partial charge on any atom is -0.491 e. The number of allylic oxidation sites excluding steroid dienone is 2. The normalized spacial score (nSPS) is 24.1. The second kappa shape index (κ2) is 14.8. The zero-order valence-corrected chi connectivity index (χ0v) is 23.7. The summed E-state index contributed by atoms with van der Waals surface area (Å²) in [5.74, 6) is 0.909. The number of aryl methyl sites for hydroxylation is 2. The third kappa shape index (κ3) is 7.93. The molecule has 2 aliphatic rings.